The molecule has 1 saturated carbocycles. The second-order valence-corrected chi connectivity index (χ2v) is 7.08. The van der Waals surface area contributed by atoms with Gasteiger partial charge in [-0.3, -0.25) is 0 Å². The predicted octanol–water partition coefficient (Wildman–Crippen LogP) is 5.46. The Morgan fingerprint density at radius 2 is 2.00 bits per heavy atom. The highest BCUT2D eigenvalue weighted by Crippen LogP contribution is 2.31. The Morgan fingerprint density at radius 1 is 1.25 bits per heavy atom. The number of thiocarbonyl (C=S) groups is 1. The van der Waals surface area contributed by atoms with Crippen LogP contribution in [0.5, 0.6) is 0 Å². The molecule has 0 bridgehead atoms. The van der Waals surface area contributed by atoms with E-state index in [1.54, 1.807) is 12.1 Å². The molecule has 0 heterocycles. The van der Waals surface area contributed by atoms with E-state index in [0.717, 1.165) is 18.5 Å². The summed E-state index contributed by atoms with van der Waals surface area (Å²) in [4.78, 5) is 2.04. The molecule has 1 N–H and O–H groups in total. The number of rotatable bonds is 4. The van der Waals surface area contributed by atoms with Crippen LogP contribution in [0.1, 0.15) is 29.5 Å². The number of aryl methyl sites for hydroxylation is 2. The molecule has 24 heavy (non-hydrogen) atoms. The number of anilines is 1. The molecule has 1 aliphatic carbocycles. The van der Waals surface area contributed by atoms with Gasteiger partial charge in [0.2, 0.25) is 0 Å². The van der Waals surface area contributed by atoms with Crippen molar-refractivity contribution in [3.63, 3.8) is 0 Å². The Kier molecular flexibility index (Phi) is 5.07. The molecule has 0 saturated heterocycles. The van der Waals surface area contributed by atoms with Gasteiger partial charge in [-0.1, -0.05) is 23.7 Å². The molecule has 2 nitrogen and oxygen atoms in total. The van der Waals surface area contributed by atoms with Gasteiger partial charge in [-0.2, -0.15) is 0 Å². The second kappa shape index (κ2) is 7.08. The normalized spacial score (nSPS) is 13.7. The van der Waals surface area contributed by atoms with E-state index < -0.39 is 0 Å². The minimum absolute atomic E-state index is 0.290. The quantitative estimate of drug-likeness (QED) is 0.727. The molecule has 0 unspecified atom stereocenters. The molecule has 5 heteroatoms. The molecule has 1 aliphatic rings. The number of hydrogen-bond donors (Lipinski definition) is 1. The molecule has 0 aromatic heterocycles. The molecule has 126 valence electrons. The van der Waals surface area contributed by atoms with Crippen molar-refractivity contribution in [3.8, 4) is 0 Å². The van der Waals surface area contributed by atoms with Crippen molar-refractivity contribution in [2.75, 3.05) is 5.32 Å². The Labute approximate surface area is 152 Å². The van der Waals surface area contributed by atoms with Crippen molar-refractivity contribution >= 4 is 34.6 Å². The Balaban J connectivity index is 1.78. The second-order valence-electron chi connectivity index (χ2n) is 6.29. The van der Waals surface area contributed by atoms with Gasteiger partial charge in [-0.15, -0.1) is 0 Å². The van der Waals surface area contributed by atoms with E-state index in [1.165, 1.54) is 17.2 Å². The van der Waals surface area contributed by atoms with Gasteiger partial charge in [0.1, 0.15) is 5.82 Å². The van der Waals surface area contributed by atoms with Crippen LogP contribution >= 0.6 is 23.8 Å². The van der Waals surface area contributed by atoms with Gasteiger partial charge in [0.15, 0.2) is 5.11 Å². The Morgan fingerprint density at radius 3 is 2.62 bits per heavy atom. The zero-order chi connectivity index (χ0) is 17.3. The van der Waals surface area contributed by atoms with Crippen LogP contribution in [0.2, 0.25) is 5.02 Å². The van der Waals surface area contributed by atoms with Crippen molar-refractivity contribution < 1.29 is 4.39 Å². The largest absolute Gasteiger partial charge is 0.342 e. The van der Waals surface area contributed by atoms with Crippen LogP contribution in [0.4, 0.5) is 10.1 Å². The molecule has 0 radical (unpaired) electrons. The third-order valence-corrected chi connectivity index (χ3v) is 5.09. The highest BCUT2D eigenvalue weighted by Gasteiger charge is 2.31. The van der Waals surface area contributed by atoms with E-state index in [1.807, 2.05) is 11.0 Å². The smallest absolute Gasteiger partial charge is 0.173 e. The number of hydrogen-bond acceptors (Lipinski definition) is 1. The van der Waals surface area contributed by atoms with Crippen molar-refractivity contribution in [1.82, 2.24) is 4.90 Å². The fraction of sp³-hybridized carbons (Fsp3) is 0.316. The lowest BCUT2D eigenvalue weighted by atomic mass is 10.1. The molecule has 0 aliphatic heterocycles. The van der Waals surface area contributed by atoms with E-state index in [0.29, 0.717) is 28.3 Å². The SMILES string of the molecule is Cc1ccc(NC(=S)N(Cc2c(F)cccc2Cl)C2CC2)cc1C. The first-order valence-electron chi connectivity index (χ1n) is 8.03. The van der Waals surface area contributed by atoms with Gasteiger partial charge in [-0.25, -0.2) is 4.39 Å². The van der Waals surface area contributed by atoms with Gasteiger partial charge in [0, 0.05) is 28.9 Å². The lowest BCUT2D eigenvalue weighted by molar-refractivity contribution is 0.400. The summed E-state index contributed by atoms with van der Waals surface area (Å²) in [5.74, 6) is -0.290. The van der Waals surface area contributed by atoms with Crippen LogP contribution in [0, 0.1) is 19.7 Å². The van der Waals surface area contributed by atoms with Gasteiger partial charge < -0.3 is 10.2 Å². The minimum Gasteiger partial charge on any atom is -0.342 e. The van der Waals surface area contributed by atoms with Crippen molar-refractivity contribution in [1.29, 1.82) is 0 Å². The highest BCUT2D eigenvalue weighted by molar-refractivity contribution is 7.80. The monoisotopic (exact) mass is 362 g/mol. The summed E-state index contributed by atoms with van der Waals surface area (Å²) < 4.78 is 14.1. The van der Waals surface area contributed by atoms with Crippen molar-refractivity contribution in [2.24, 2.45) is 0 Å². The summed E-state index contributed by atoms with van der Waals surface area (Å²) in [6, 6.07) is 11.3. The summed E-state index contributed by atoms with van der Waals surface area (Å²) in [7, 11) is 0. The zero-order valence-electron chi connectivity index (χ0n) is 13.8. The van der Waals surface area contributed by atoms with Crippen LogP contribution in [-0.2, 0) is 6.54 Å². The van der Waals surface area contributed by atoms with Gasteiger partial charge in [0.05, 0.1) is 0 Å². The first-order chi connectivity index (χ1) is 11.5. The fourth-order valence-electron chi connectivity index (χ4n) is 2.62. The Hall–Kier alpha value is -1.65. The van der Waals surface area contributed by atoms with Gasteiger partial charge in [0.25, 0.3) is 0 Å². The van der Waals surface area contributed by atoms with E-state index in [2.05, 4.69) is 31.3 Å². The number of halogens is 2. The summed E-state index contributed by atoms with van der Waals surface area (Å²) in [6.45, 7) is 4.53. The van der Waals surface area contributed by atoms with Crippen molar-refractivity contribution in [2.45, 2.75) is 39.3 Å². The summed E-state index contributed by atoms with van der Waals surface area (Å²) in [6.07, 6.45) is 2.14. The maximum Gasteiger partial charge on any atom is 0.173 e. The lowest BCUT2D eigenvalue weighted by Gasteiger charge is -2.26. The lowest BCUT2D eigenvalue weighted by Crippen LogP contribution is -2.36. The predicted molar refractivity (Wildman–Crippen MR) is 102 cm³/mol. The third kappa shape index (κ3) is 3.87. The standard InChI is InChI=1S/C19H20ClFN2S/c1-12-6-7-14(10-13(12)2)22-19(24)23(15-8-9-15)11-16-17(20)4-3-5-18(16)21/h3-7,10,15H,8-9,11H2,1-2H3,(H,22,24). The van der Waals surface area contributed by atoms with Crippen LogP contribution < -0.4 is 5.32 Å². The molecule has 0 spiro atoms. The van der Waals surface area contributed by atoms with Gasteiger partial charge in [-0.05, 0) is 74.3 Å². The maximum absolute atomic E-state index is 14.1. The number of benzene rings is 2. The summed E-state index contributed by atoms with van der Waals surface area (Å²) >= 11 is 11.8. The molecule has 2 aromatic carbocycles. The molecule has 2 aromatic rings. The Bertz CT molecular complexity index is 754. The average Bonchev–Trinajstić information content (AvgIpc) is 3.35. The zero-order valence-corrected chi connectivity index (χ0v) is 15.3. The van der Waals surface area contributed by atoms with E-state index in [9.17, 15) is 4.39 Å². The van der Waals surface area contributed by atoms with Crippen LogP contribution in [0.15, 0.2) is 36.4 Å². The topological polar surface area (TPSA) is 15.3 Å². The molecular formula is C19H20ClFN2S. The summed E-state index contributed by atoms with van der Waals surface area (Å²) in [5.41, 5.74) is 3.89. The molecule has 0 amide bonds. The third-order valence-electron chi connectivity index (χ3n) is 4.40. The highest BCUT2D eigenvalue weighted by atomic mass is 35.5. The van der Waals surface area contributed by atoms with E-state index in [4.69, 9.17) is 23.8 Å². The maximum atomic E-state index is 14.1. The number of nitrogens with one attached hydrogen (secondary N) is 1. The van der Waals surface area contributed by atoms with Crippen LogP contribution in [0.3, 0.4) is 0 Å². The molecule has 1 fully saturated rings. The van der Waals surface area contributed by atoms with E-state index in [-0.39, 0.29) is 5.82 Å². The molecular weight excluding hydrogens is 343 g/mol. The number of nitrogens with zero attached hydrogens (tertiary/aromatic N) is 1. The first-order valence-corrected chi connectivity index (χ1v) is 8.82. The van der Waals surface area contributed by atoms with Crippen LogP contribution in [0.25, 0.3) is 0 Å². The molecule has 0 atom stereocenters. The molecule has 3 rings (SSSR count). The minimum atomic E-state index is -0.290. The van der Waals surface area contributed by atoms with Gasteiger partial charge >= 0.3 is 0 Å². The fourth-order valence-corrected chi connectivity index (χ4v) is 3.18. The van der Waals surface area contributed by atoms with E-state index >= 15 is 0 Å². The van der Waals surface area contributed by atoms with Crippen LogP contribution in [-0.4, -0.2) is 16.1 Å². The summed E-state index contributed by atoms with van der Waals surface area (Å²) in [5, 5.41) is 4.33. The van der Waals surface area contributed by atoms with Crippen molar-refractivity contribution in [3.05, 3.63) is 63.9 Å². The average molecular weight is 363 g/mol. The first kappa shape index (κ1) is 17.2.